The number of nitrogens with one attached hydrogen (secondary N) is 1. The molecule has 5 N–H and O–H groups in total. The van der Waals surface area contributed by atoms with E-state index in [-0.39, 0.29) is 0 Å². The van der Waals surface area contributed by atoms with Gasteiger partial charge in [0, 0.05) is 0 Å². The lowest BCUT2D eigenvalue weighted by atomic mass is 10.00. The van der Waals surface area contributed by atoms with Crippen LogP contribution in [0.2, 0.25) is 0 Å². The van der Waals surface area contributed by atoms with Crippen LogP contribution in [0.1, 0.15) is 296 Å². The minimum absolute atomic E-state index is 0.369. The molecule has 4 unspecified atom stereocenters. The average Bonchev–Trinajstić information content (AvgIpc) is 3.25. The summed E-state index contributed by atoms with van der Waals surface area (Å²) in [5.41, 5.74) is 0. The van der Waals surface area contributed by atoms with Crippen molar-refractivity contribution in [1.29, 1.82) is 0 Å². The molecule has 0 rings (SSSR count). The Morgan fingerprint density at radius 3 is 1.00 bits per heavy atom. The van der Waals surface area contributed by atoms with Crippen LogP contribution in [0.15, 0.2) is 12.2 Å². The van der Waals surface area contributed by atoms with Gasteiger partial charge in [-0.15, -0.1) is 0 Å². The van der Waals surface area contributed by atoms with Crippen molar-refractivity contribution >= 4 is 5.91 Å². The molecule has 0 fully saturated rings. The van der Waals surface area contributed by atoms with Crippen molar-refractivity contribution in [3.05, 3.63) is 12.2 Å². The molecule has 0 aliphatic heterocycles. The Morgan fingerprint density at radius 2 is 0.683 bits per heavy atom. The molecule has 6 nitrogen and oxygen atoms in total. The lowest BCUT2D eigenvalue weighted by Gasteiger charge is -2.27. The fourth-order valence-corrected chi connectivity index (χ4v) is 8.70. The molecule has 0 saturated carbocycles. The Bertz CT molecular complexity index is 867. The zero-order valence-corrected chi connectivity index (χ0v) is 40.5. The topological polar surface area (TPSA) is 110 Å². The summed E-state index contributed by atoms with van der Waals surface area (Å²) in [7, 11) is 0. The van der Waals surface area contributed by atoms with Gasteiger partial charge in [-0.25, -0.2) is 0 Å². The summed E-state index contributed by atoms with van der Waals surface area (Å²) in [6.45, 7) is 4.08. The Morgan fingerprint density at radius 1 is 0.400 bits per heavy atom. The molecule has 0 radical (unpaired) electrons. The predicted octanol–water partition coefficient (Wildman–Crippen LogP) is 15.3. The molecule has 0 aromatic rings. The fraction of sp³-hybridized carbons (Fsp3) is 0.944. The first-order chi connectivity index (χ1) is 29.5. The number of hydrogen-bond donors (Lipinski definition) is 5. The molecule has 0 aromatic heterocycles. The number of carbonyl (C=O) groups is 1. The Labute approximate surface area is 374 Å². The van der Waals surface area contributed by atoms with Crippen molar-refractivity contribution in [3.63, 3.8) is 0 Å². The second-order valence-electron chi connectivity index (χ2n) is 18.9. The van der Waals surface area contributed by atoms with Crippen LogP contribution in [0.5, 0.6) is 0 Å². The standard InChI is InChI=1S/C54H107NO5/c1-3-5-7-9-11-13-15-17-19-21-23-25-27-29-31-33-35-37-39-41-43-45-47-51(57)53(59)50(49-56)55-54(60)52(58)48-46-44-42-40-38-36-34-32-30-28-26-24-22-20-18-16-14-12-10-8-6-4-2/h39,41,50-53,56-59H,3-38,40,42-49H2,1-2H3,(H,55,60)/b41-39+. The highest BCUT2D eigenvalue weighted by atomic mass is 16.3. The highest BCUT2D eigenvalue weighted by Gasteiger charge is 2.28. The van der Waals surface area contributed by atoms with Gasteiger partial charge in [0.1, 0.15) is 12.2 Å². The van der Waals surface area contributed by atoms with E-state index < -0.39 is 36.9 Å². The van der Waals surface area contributed by atoms with Gasteiger partial charge in [-0.3, -0.25) is 4.79 Å². The summed E-state index contributed by atoms with van der Waals surface area (Å²) in [5, 5.41) is 43.9. The van der Waals surface area contributed by atoms with E-state index >= 15 is 0 Å². The summed E-state index contributed by atoms with van der Waals surface area (Å²) >= 11 is 0. The van der Waals surface area contributed by atoms with Crippen LogP contribution in [0.3, 0.4) is 0 Å². The smallest absolute Gasteiger partial charge is 0.249 e. The van der Waals surface area contributed by atoms with Gasteiger partial charge in [-0.1, -0.05) is 270 Å². The third-order valence-electron chi connectivity index (χ3n) is 13.0. The van der Waals surface area contributed by atoms with Gasteiger partial charge >= 0.3 is 0 Å². The van der Waals surface area contributed by atoms with Crippen LogP contribution in [0.25, 0.3) is 0 Å². The lowest BCUT2D eigenvalue weighted by molar-refractivity contribution is -0.132. The van der Waals surface area contributed by atoms with E-state index in [1.165, 1.54) is 231 Å². The number of carbonyl (C=O) groups excluding carboxylic acids is 1. The highest BCUT2D eigenvalue weighted by Crippen LogP contribution is 2.18. The first-order valence-electron chi connectivity index (χ1n) is 27.1. The van der Waals surface area contributed by atoms with Crippen LogP contribution in [0.4, 0.5) is 0 Å². The molecule has 0 aliphatic rings. The summed E-state index contributed by atoms with van der Waals surface area (Å²) in [6, 6.07) is -0.998. The molecule has 358 valence electrons. The molecular weight excluding hydrogens is 743 g/mol. The Balaban J connectivity index is 3.65. The van der Waals surface area contributed by atoms with Crippen molar-refractivity contribution in [3.8, 4) is 0 Å². The molecule has 0 spiro atoms. The second kappa shape index (κ2) is 49.1. The Kier molecular flexibility index (Phi) is 48.3. The van der Waals surface area contributed by atoms with Crippen LogP contribution in [-0.4, -0.2) is 57.3 Å². The van der Waals surface area contributed by atoms with Crippen LogP contribution in [-0.2, 0) is 4.79 Å². The van der Waals surface area contributed by atoms with Gasteiger partial charge in [0.05, 0.1) is 18.8 Å². The minimum Gasteiger partial charge on any atom is -0.394 e. The van der Waals surface area contributed by atoms with Gasteiger partial charge < -0.3 is 25.7 Å². The van der Waals surface area contributed by atoms with E-state index in [1.807, 2.05) is 0 Å². The zero-order valence-electron chi connectivity index (χ0n) is 40.5. The third-order valence-corrected chi connectivity index (χ3v) is 13.0. The lowest BCUT2D eigenvalue weighted by Crippen LogP contribution is -2.53. The van der Waals surface area contributed by atoms with Gasteiger partial charge in [-0.05, 0) is 38.5 Å². The molecule has 1 amide bonds. The van der Waals surface area contributed by atoms with E-state index in [0.29, 0.717) is 12.8 Å². The summed E-state index contributed by atoms with van der Waals surface area (Å²) in [6.07, 6.45) is 57.0. The zero-order chi connectivity index (χ0) is 43.8. The second-order valence-corrected chi connectivity index (χ2v) is 18.9. The van der Waals surface area contributed by atoms with E-state index in [1.54, 1.807) is 0 Å². The highest BCUT2D eigenvalue weighted by molar-refractivity contribution is 5.80. The number of rotatable bonds is 50. The molecular formula is C54H107NO5. The molecule has 0 bridgehead atoms. The normalized spacial score (nSPS) is 13.9. The molecule has 0 saturated heterocycles. The summed E-state index contributed by atoms with van der Waals surface area (Å²) < 4.78 is 0. The molecule has 0 heterocycles. The number of allylic oxidation sites excluding steroid dienone is 2. The van der Waals surface area contributed by atoms with Crippen LogP contribution >= 0.6 is 0 Å². The average molecular weight is 850 g/mol. The van der Waals surface area contributed by atoms with Crippen molar-refractivity contribution in [2.24, 2.45) is 0 Å². The van der Waals surface area contributed by atoms with E-state index in [0.717, 1.165) is 38.5 Å². The number of hydrogen-bond acceptors (Lipinski definition) is 5. The van der Waals surface area contributed by atoms with E-state index in [4.69, 9.17) is 0 Å². The largest absolute Gasteiger partial charge is 0.394 e. The maximum atomic E-state index is 12.6. The van der Waals surface area contributed by atoms with Crippen molar-refractivity contribution < 1.29 is 25.2 Å². The third kappa shape index (κ3) is 42.4. The van der Waals surface area contributed by atoms with Crippen molar-refractivity contribution in [2.45, 2.75) is 321 Å². The number of aliphatic hydroxyl groups is 4. The van der Waals surface area contributed by atoms with Crippen LogP contribution in [0, 0.1) is 0 Å². The van der Waals surface area contributed by atoms with Gasteiger partial charge in [0.2, 0.25) is 5.91 Å². The summed E-state index contributed by atoms with van der Waals surface area (Å²) in [5.74, 6) is -0.587. The molecule has 4 atom stereocenters. The predicted molar refractivity (Wildman–Crippen MR) is 261 cm³/mol. The molecule has 0 aliphatic carbocycles. The molecule has 6 heteroatoms. The maximum Gasteiger partial charge on any atom is 0.249 e. The van der Waals surface area contributed by atoms with Gasteiger partial charge in [0.25, 0.3) is 0 Å². The van der Waals surface area contributed by atoms with Gasteiger partial charge in [-0.2, -0.15) is 0 Å². The van der Waals surface area contributed by atoms with Crippen LogP contribution < -0.4 is 5.32 Å². The number of unbranched alkanes of at least 4 members (excludes halogenated alkanes) is 39. The van der Waals surface area contributed by atoms with Crippen molar-refractivity contribution in [1.82, 2.24) is 5.32 Å². The maximum absolute atomic E-state index is 12.6. The first kappa shape index (κ1) is 59.0. The molecule has 60 heavy (non-hydrogen) atoms. The first-order valence-corrected chi connectivity index (χ1v) is 27.1. The number of amides is 1. The van der Waals surface area contributed by atoms with Gasteiger partial charge in [0.15, 0.2) is 0 Å². The monoisotopic (exact) mass is 850 g/mol. The van der Waals surface area contributed by atoms with Crippen molar-refractivity contribution in [2.75, 3.05) is 6.61 Å². The SMILES string of the molecule is CCCCCCCCCCCCCCCCCCC/C=C/CCCC(O)C(O)C(CO)NC(=O)C(O)CCCCCCCCCCCCCCCCCCCCCCCC. The quantitative estimate of drug-likeness (QED) is 0.0309. The minimum atomic E-state index is -1.28. The Hall–Kier alpha value is -0.950. The van der Waals surface area contributed by atoms with E-state index in [9.17, 15) is 25.2 Å². The fourth-order valence-electron chi connectivity index (χ4n) is 8.70. The summed E-state index contributed by atoms with van der Waals surface area (Å²) in [4.78, 5) is 12.6. The number of aliphatic hydroxyl groups excluding tert-OH is 4. The van der Waals surface area contributed by atoms with E-state index in [2.05, 4.69) is 31.3 Å². The molecule has 0 aromatic carbocycles.